The first-order valence-corrected chi connectivity index (χ1v) is 7.68. The van der Waals surface area contributed by atoms with E-state index in [0.717, 1.165) is 0 Å². The minimum absolute atomic E-state index is 0.142. The molecule has 6 nitrogen and oxygen atoms in total. The van der Waals surface area contributed by atoms with Crippen LogP contribution in [0.1, 0.15) is 13.8 Å². The summed E-state index contributed by atoms with van der Waals surface area (Å²) in [6.45, 7) is 5.65. The third-order valence-corrected chi connectivity index (χ3v) is 5.24. The molecule has 0 aliphatic carbocycles. The van der Waals surface area contributed by atoms with Crippen LogP contribution in [0.3, 0.4) is 0 Å². The maximum Gasteiger partial charge on any atom is 0.228 e. The van der Waals surface area contributed by atoms with E-state index >= 15 is 0 Å². The maximum atomic E-state index is 12.3. The van der Waals surface area contributed by atoms with Gasteiger partial charge >= 0.3 is 0 Å². The summed E-state index contributed by atoms with van der Waals surface area (Å²) >= 11 is 0. The van der Waals surface area contributed by atoms with Crippen molar-refractivity contribution in [2.75, 3.05) is 46.0 Å². The molecular weight excluding hydrogens is 254 g/mol. The highest BCUT2D eigenvalue weighted by Gasteiger charge is 2.37. The summed E-state index contributed by atoms with van der Waals surface area (Å²) in [5.41, 5.74) is -0.896. The van der Waals surface area contributed by atoms with E-state index in [9.17, 15) is 13.2 Å². The summed E-state index contributed by atoms with van der Waals surface area (Å²) in [4.78, 5) is 13.4. The van der Waals surface area contributed by atoms with Crippen molar-refractivity contribution in [3.63, 3.8) is 0 Å². The van der Waals surface area contributed by atoms with E-state index in [0.29, 0.717) is 26.2 Å². The van der Waals surface area contributed by atoms with Crippen LogP contribution in [0.2, 0.25) is 0 Å². The molecule has 1 saturated heterocycles. The molecular formula is C11H23N3O3S. The fourth-order valence-electron chi connectivity index (χ4n) is 2.14. The predicted molar refractivity (Wildman–Crippen MR) is 70.7 cm³/mol. The summed E-state index contributed by atoms with van der Waals surface area (Å²) in [5, 5.41) is 3.11. The topological polar surface area (TPSA) is 69.7 Å². The lowest BCUT2D eigenvalue weighted by atomic mass is 9.95. The van der Waals surface area contributed by atoms with E-state index in [2.05, 4.69) is 5.32 Å². The van der Waals surface area contributed by atoms with Crippen LogP contribution < -0.4 is 5.32 Å². The number of sulfonamides is 1. The minimum Gasteiger partial charge on any atom is -0.348 e. The Hall–Kier alpha value is -0.660. The Bertz CT molecular complexity index is 398. The third-order valence-electron chi connectivity index (χ3n) is 3.00. The molecule has 1 rings (SSSR count). The summed E-state index contributed by atoms with van der Waals surface area (Å²) in [6, 6.07) is 0. The van der Waals surface area contributed by atoms with Crippen LogP contribution in [-0.4, -0.2) is 69.6 Å². The van der Waals surface area contributed by atoms with Gasteiger partial charge in [-0.3, -0.25) is 4.79 Å². The molecule has 1 fully saturated rings. The van der Waals surface area contributed by atoms with E-state index < -0.39 is 15.4 Å². The van der Waals surface area contributed by atoms with Crippen LogP contribution in [0.5, 0.6) is 0 Å². The zero-order valence-corrected chi connectivity index (χ0v) is 12.4. The van der Waals surface area contributed by atoms with E-state index in [-0.39, 0.29) is 11.7 Å². The molecule has 0 aromatic heterocycles. The number of amides is 1. The van der Waals surface area contributed by atoms with Crippen LogP contribution in [0.25, 0.3) is 0 Å². The number of nitrogens with one attached hydrogen (secondary N) is 1. The van der Waals surface area contributed by atoms with Crippen molar-refractivity contribution in [1.29, 1.82) is 0 Å². The highest BCUT2D eigenvalue weighted by atomic mass is 32.2. The average molecular weight is 277 g/mol. The van der Waals surface area contributed by atoms with Crippen molar-refractivity contribution in [2.24, 2.45) is 5.41 Å². The van der Waals surface area contributed by atoms with Gasteiger partial charge in [0.05, 0.1) is 11.2 Å². The van der Waals surface area contributed by atoms with Gasteiger partial charge < -0.3 is 10.2 Å². The van der Waals surface area contributed by atoms with Gasteiger partial charge in [-0.25, -0.2) is 8.42 Å². The van der Waals surface area contributed by atoms with Gasteiger partial charge in [-0.1, -0.05) is 0 Å². The number of hydrogen-bond acceptors (Lipinski definition) is 4. The lowest BCUT2D eigenvalue weighted by Crippen LogP contribution is -2.50. The Labute approximate surface area is 109 Å². The molecule has 0 radical (unpaired) electrons. The summed E-state index contributed by atoms with van der Waals surface area (Å²) in [5.74, 6) is -0.307. The van der Waals surface area contributed by atoms with Crippen molar-refractivity contribution in [3.05, 3.63) is 0 Å². The maximum absolute atomic E-state index is 12.3. The molecule has 1 amide bonds. The normalized spacial score (nSPS) is 18.7. The van der Waals surface area contributed by atoms with Gasteiger partial charge in [0.2, 0.25) is 15.9 Å². The first-order valence-electron chi connectivity index (χ1n) is 6.07. The Morgan fingerprint density at radius 1 is 1.28 bits per heavy atom. The second kappa shape index (κ2) is 5.54. The number of piperazine rings is 1. The van der Waals surface area contributed by atoms with Gasteiger partial charge in [-0.05, 0) is 13.8 Å². The average Bonchev–Trinajstić information content (AvgIpc) is 2.27. The van der Waals surface area contributed by atoms with Crippen LogP contribution in [0.4, 0.5) is 0 Å². The molecule has 0 aromatic carbocycles. The molecule has 0 atom stereocenters. The first kappa shape index (κ1) is 15.4. The van der Waals surface area contributed by atoms with Gasteiger partial charge in [-0.2, -0.15) is 4.31 Å². The highest BCUT2D eigenvalue weighted by molar-refractivity contribution is 7.89. The molecule has 0 spiro atoms. The minimum atomic E-state index is -3.37. The molecule has 0 unspecified atom stereocenters. The van der Waals surface area contributed by atoms with Crippen LogP contribution in [0.15, 0.2) is 0 Å². The van der Waals surface area contributed by atoms with E-state index in [1.165, 1.54) is 9.21 Å². The molecule has 1 aliphatic heterocycles. The van der Waals surface area contributed by atoms with E-state index in [1.54, 1.807) is 27.9 Å². The van der Waals surface area contributed by atoms with E-state index in [1.807, 2.05) is 0 Å². The molecule has 106 valence electrons. The second-order valence-corrected chi connectivity index (χ2v) is 7.46. The number of carbonyl (C=O) groups excluding carboxylic acids is 1. The Balaban J connectivity index is 2.78. The number of hydrogen-bond donors (Lipinski definition) is 1. The molecule has 18 heavy (non-hydrogen) atoms. The van der Waals surface area contributed by atoms with Crippen molar-refractivity contribution >= 4 is 15.9 Å². The Morgan fingerprint density at radius 3 is 2.22 bits per heavy atom. The lowest BCUT2D eigenvalue weighted by molar-refractivity contribution is -0.136. The number of rotatable bonds is 4. The molecule has 1 N–H and O–H groups in total. The Kier molecular flexibility index (Phi) is 4.74. The SMILES string of the molecule is CN(C)C(=O)C(C)(C)CS(=O)(=O)N1CCNCC1. The molecule has 1 aliphatic rings. The highest BCUT2D eigenvalue weighted by Crippen LogP contribution is 2.22. The van der Waals surface area contributed by atoms with Crippen molar-refractivity contribution in [2.45, 2.75) is 13.8 Å². The quantitative estimate of drug-likeness (QED) is 0.740. The van der Waals surface area contributed by atoms with Crippen molar-refractivity contribution in [1.82, 2.24) is 14.5 Å². The largest absolute Gasteiger partial charge is 0.348 e. The summed E-state index contributed by atoms with van der Waals surface area (Å²) in [6.07, 6.45) is 0. The van der Waals surface area contributed by atoms with Gasteiger partial charge in [0, 0.05) is 40.3 Å². The van der Waals surface area contributed by atoms with Crippen LogP contribution in [-0.2, 0) is 14.8 Å². The monoisotopic (exact) mass is 277 g/mol. The summed E-state index contributed by atoms with van der Waals surface area (Å²) in [7, 11) is -0.0929. The Morgan fingerprint density at radius 2 is 1.78 bits per heavy atom. The van der Waals surface area contributed by atoms with Crippen LogP contribution in [0, 0.1) is 5.41 Å². The summed E-state index contributed by atoms with van der Waals surface area (Å²) < 4.78 is 26.0. The third kappa shape index (κ3) is 3.66. The molecule has 0 bridgehead atoms. The van der Waals surface area contributed by atoms with E-state index in [4.69, 9.17) is 0 Å². The number of carbonyl (C=O) groups is 1. The fourth-order valence-corrected chi connectivity index (χ4v) is 4.09. The van der Waals surface area contributed by atoms with Gasteiger partial charge in [-0.15, -0.1) is 0 Å². The van der Waals surface area contributed by atoms with Crippen molar-refractivity contribution in [3.8, 4) is 0 Å². The van der Waals surface area contributed by atoms with Gasteiger partial charge in [0.1, 0.15) is 0 Å². The number of nitrogens with zero attached hydrogens (tertiary/aromatic N) is 2. The second-order valence-electron chi connectivity index (χ2n) is 5.49. The zero-order valence-electron chi connectivity index (χ0n) is 11.6. The standard InChI is InChI=1S/C11H23N3O3S/c1-11(2,10(15)13(3)4)9-18(16,17)14-7-5-12-6-8-14/h12H,5-9H2,1-4H3. The van der Waals surface area contributed by atoms with Gasteiger partial charge in [0.15, 0.2) is 0 Å². The van der Waals surface area contributed by atoms with Crippen molar-refractivity contribution < 1.29 is 13.2 Å². The molecule has 1 heterocycles. The van der Waals surface area contributed by atoms with Gasteiger partial charge in [0.25, 0.3) is 0 Å². The smallest absolute Gasteiger partial charge is 0.228 e. The van der Waals surface area contributed by atoms with Crippen LogP contribution >= 0.6 is 0 Å². The molecule has 7 heteroatoms. The molecule has 0 saturated carbocycles. The zero-order chi connectivity index (χ0) is 14.0. The molecule has 0 aromatic rings. The fraction of sp³-hybridized carbons (Fsp3) is 0.909. The predicted octanol–water partition coefficient (Wildman–Crippen LogP) is -0.664. The first-order chi connectivity index (χ1) is 8.17. The lowest BCUT2D eigenvalue weighted by Gasteiger charge is -2.32.